The number of guanidine groups is 1. The molecular weight excluding hydrogens is 372 g/mol. The van der Waals surface area contributed by atoms with Crippen LogP contribution in [0.5, 0.6) is 0 Å². The van der Waals surface area contributed by atoms with E-state index in [-0.39, 0.29) is 22.9 Å². The Kier molecular flexibility index (Phi) is 5.66. The first kappa shape index (κ1) is 17.9. The largest absolute Gasteiger partial charge is 0.373 e. The zero-order chi connectivity index (χ0) is 17.2. The smallest absolute Gasteiger partial charge is 0.250 e. The summed E-state index contributed by atoms with van der Waals surface area (Å²) in [6.45, 7) is 0.686. The number of thiophene rings is 1. The second-order valence-corrected chi connectivity index (χ2v) is 9.52. The highest BCUT2D eigenvalue weighted by atomic mass is 35.5. The van der Waals surface area contributed by atoms with Gasteiger partial charge in [0.25, 0.3) is 0 Å². The number of nitrogens with zero attached hydrogens (tertiary/aromatic N) is 1. The van der Waals surface area contributed by atoms with Crippen molar-refractivity contribution in [2.75, 3.05) is 20.1 Å². The lowest BCUT2D eigenvalue weighted by Gasteiger charge is -2.22. The fourth-order valence-electron chi connectivity index (χ4n) is 3.04. The molecule has 7 nitrogen and oxygen atoms in total. The number of sulfonamides is 1. The molecule has 1 aromatic rings. The van der Waals surface area contributed by atoms with Crippen LogP contribution in [0.1, 0.15) is 19.3 Å². The molecule has 3 atom stereocenters. The van der Waals surface area contributed by atoms with Crippen LogP contribution in [0.2, 0.25) is 4.34 Å². The van der Waals surface area contributed by atoms with E-state index in [4.69, 9.17) is 16.3 Å². The molecule has 2 aliphatic heterocycles. The summed E-state index contributed by atoms with van der Waals surface area (Å²) < 4.78 is 33.2. The van der Waals surface area contributed by atoms with Gasteiger partial charge in [-0.05, 0) is 31.4 Å². The fourth-order valence-corrected chi connectivity index (χ4v) is 5.60. The molecule has 3 N–H and O–H groups in total. The van der Waals surface area contributed by atoms with Crippen LogP contribution in [0.4, 0.5) is 0 Å². The van der Waals surface area contributed by atoms with E-state index < -0.39 is 10.0 Å². The highest BCUT2D eigenvalue weighted by Crippen LogP contribution is 2.34. The first-order valence-corrected chi connectivity index (χ1v) is 10.5. The van der Waals surface area contributed by atoms with Crippen molar-refractivity contribution in [2.24, 2.45) is 4.99 Å². The van der Waals surface area contributed by atoms with Crippen LogP contribution in [-0.2, 0) is 14.8 Å². The van der Waals surface area contributed by atoms with Gasteiger partial charge >= 0.3 is 0 Å². The summed E-state index contributed by atoms with van der Waals surface area (Å²) in [5, 5.41) is 6.47. The number of fused-ring (bicyclic) bond motifs is 2. The Bertz CT molecular complexity index is 707. The lowest BCUT2D eigenvalue weighted by molar-refractivity contribution is 0.0992. The predicted molar refractivity (Wildman–Crippen MR) is 95.3 cm³/mol. The first-order chi connectivity index (χ1) is 11.5. The molecule has 0 amide bonds. The number of hydrogen-bond acceptors (Lipinski definition) is 5. The van der Waals surface area contributed by atoms with Crippen LogP contribution in [0.15, 0.2) is 21.3 Å². The van der Waals surface area contributed by atoms with Crippen LogP contribution in [0.3, 0.4) is 0 Å². The van der Waals surface area contributed by atoms with Crippen LogP contribution < -0.4 is 15.4 Å². The molecule has 0 saturated carbocycles. The van der Waals surface area contributed by atoms with Crippen LogP contribution >= 0.6 is 22.9 Å². The third-order valence-corrected chi connectivity index (χ3v) is 7.36. The maximum Gasteiger partial charge on any atom is 0.250 e. The van der Waals surface area contributed by atoms with Gasteiger partial charge in [0.05, 0.1) is 22.6 Å². The van der Waals surface area contributed by atoms with Crippen molar-refractivity contribution in [2.45, 2.75) is 41.7 Å². The summed E-state index contributed by atoms with van der Waals surface area (Å²) >= 11 is 6.81. The van der Waals surface area contributed by atoms with E-state index in [1.807, 2.05) is 0 Å². The van der Waals surface area contributed by atoms with Crippen molar-refractivity contribution in [1.29, 1.82) is 0 Å². The number of nitrogens with one attached hydrogen (secondary N) is 3. The second kappa shape index (κ2) is 7.57. The maximum atomic E-state index is 12.1. The summed E-state index contributed by atoms with van der Waals surface area (Å²) in [5.41, 5.74) is 0. The zero-order valence-electron chi connectivity index (χ0n) is 13.3. The molecule has 3 rings (SSSR count). The molecule has 1 aromatic heterocycles. The Balaban J connectivity index is 1.42. The van der Waals surface area contributed by atoms with Gasteiger partial charge in [-0.2, -0.15) is 0 Å². The lowest BCUT2D eigenvalue weighted by Crippen LogP contribution is -2.48. The SMILES string of the molecule is CN=C(NCCNS(=O)(=O)c1ccc(Cl)s1)NC1CC2CCC1O2. The van der Waals surface area contributed by atoms with E-state index in [2.05, 4.69) is 20.3 Å². The molecule has 0 radical (unpaired) electrons. The van der Waals surface area contributed by atoms with E-state index in [9.17, 15) is 8.42 Å². The van der Waals surface area contributed by atoms with E-state index in [1.165, 1.54) is 6.07 Å². The second-order valence-electron chi connectivity index (χ2n) is 5.82. The Hall–Kier alpha value is -0.870. The number of halogens is 1. The molecule has 24 heavy (non-hydrogen) atoms. The van der Waals surface area contributed by atoms with Crippen LogP contribution in [0, 0.1) is 0 Å². The molecule has 134 valence electrons. The fraction of sp³-hybridized carbons (Fsp3) is 0.643. The van der Waals surface area contributed by atoms with Gasteiger partial charge in [0.2, 0.25) is 10.0 Å². The van der Waals surface area contributed by atoms with E-state index in [1.54, 1.807) is 13.1 Å². The van der Waals surface area contributed by atoms with Crippen LogP contribution in [-0.4, -0.2) is 52.8 Å². The summed E-state index contributed by atoms with van der Waals surface area (Å²) in [6.07, 6.45) is 3.86. The Morgan fingerprint density at radius 1 is 1.42 bits per heavy atom. The molecule has 2 bridgehead atoms. The van der Waals surface area contributed by atoms with Gasteiger partial charge in [-0.1, -0.05) is 11.6 Å². The number of aliphatic imine (C=N–C) groups is 1. The number of ether oxygens (including phenoxy) is 1. The lowest BCUT2D eigenvalue weighted by atomic mass is 9.96. The van der Waals surface area contributed by atoms with Gasteiger partial charge < -0.3 is 15.4 Å². The molecule has 0 aromatic carbocycles. The van der Waals surface area contributed by atoms with Crippen molar-refractivity contribution in [3.8, 4) is 0 Å². The third kappa shape index (κ3) is 4.20. The summed E-state index contributed by atoms with van der Waals surface area (Å²) in [7, 11) is -1.81. The van der Waals surface area contributed by atoms with Crippen LogP contribution in [0.25, 0.3) is 0 Å². The number of rotatable bonds is 6. The molecule has 0 aliphatic carbocycles. The Labute approximate surface area is 150 Å². The molecule has 2 fully saturated rings. The van der Waals surface area contributed by atoms with Gasteiger partial charge in [0.1, 0.15) is 4.21 Å². The quantitative estimate of drug-likeness (QED) is 0.384. The van der Waals surface area contributed by atoms with Crippen molar-refractivity contribution < 1.29 is 13.2 Å². The molecule has 10 heteroatoms. The molecular formula is C14H21ClN4O3S2. The van der Waals surface area contributed by atoms with Gasteiger partial charge in [0, 0.05) is 20.1 Å². The molecule has 3 heterocycles. The van der Waals surface area contributed by atoms with Crippen molar-refractivity contribution in [1.82, 2.24) is 15.4 Å². The topological polar surface area (TPSA) is 91.8 Å². The predicted octanol–water partition coefficient (Wildman–Crippen LogP) is 1.16. The summed E-state index contributed by atoms with van der Waals surface area (Å²) in [5.74, 6) is 0.662. The van der Waals surface area contributed by atoms with Gasteiger partial charge in [-0.25, -0.2) is 13.1 Å². The molecule has 2 saturated heterocycles. The van der Waals surface area contributed by atoms with Gasteiger partial charge in [-0.15, -0.1) is 11.3 Å². The minimum atomic E-state index is -3.51. The van der Waals surface area contributed by atoms with Crippen molar-refractivity contribution in [3.63, 3.8) is 0 Å². The molecule has 2 aliphatic rings. The average Bonchev–Trinajstić information content (AvgIpc) is 3.27. The minimum Gasteiger partial charge on any atom is -0.373 e. The van der Waals surface area contributed by atoms with E-state index >= 15 is 0 Å². The standard InChI is InChI=1S/C14H21ClN4O3S2/c1-16-14(19-10-8-9-2-3-11(10)22-9)17-6-7-18-24(20,21)13-5-4-12(15)23-13/h4-5,9-11,18H,2-3,6-8H2,1H3,(H2,16,17,19). The van der Waals surface area contributed by atoms with E-state index in [0.29, 0.717) is 22.9 Å². The molecule has 3 unspecified atom stereocenters. The van der Waals surface area contributed by atoms with Crippen molar-refractivity contribution in [3.05, 3.63) is 16.5 Å². The normalized spacial score (nSPS) is 26.8. The highest BCUT2D eigenvalue weighted by molar-refractivity contribution is 7.91. The monoisotopic (exact) mass is 392 g/mol. The molecule has 0 spiro atoms. The summed E-state index contributed by atoms with van der Waals surface area (Å²) in [6, 6.07) is 3.35. The highest BCUT2D eigenvalue weighted by Gasteiger charge is 2.41. The maximum absolute atomic E-state index is 12.1. The number of hydrogen-bond donors (Lipinski definition) is 3. The summed E-state index contributed by atoms with van der Waals surface area (Å²) in [4.78, 5) is 4.18. The van der Waals surface area contributed by atoms with E-state index in [0.717, 1.165) is 30.6 Å². The first-order valence-electron chi connectivity index (χ1n) is 7.85. The Morgan fingerprint density at radius 3 is 2.83 bits per heavy atom. The Morgan fingerprint density at radius 2 is 2.25 bits per heavy atom. The van der Waals surface area contributed by atoms with Gasteiger partial charge in [0.15, 0.2) is 5.96 Å². The van der Waals surface area contributed by atoms with Crippen molar-refractivity contribution >= 4 is 38.9 Å². The zero-order valence-corrected chi connectivity index (χ0v) is 15.7. The average molecular weight is 393 g/mol. The van der Waals surface area contributed by atoms with Gasteiger partial charge in [-0.3, -0.25) is 4.99 Å². The third-order valence-electron chi connectivity index (χ3n) is 4.17. The minimum absolute atomic E-state index is 0.217.